The monoisotopic (exact) mass is 472 g/mol. The molecule has 10 heteroatoms. The summed E-state index contributed by atoms with van der Waals surface area (Å²) in [5.74, 6) is -0.254. The Labute approximate surface area is 183 Å². The van der Waals surface area contributed by atoms with E-state index in [-0.39, 0.29) is 35.9 Å². The average molecular weight is 473 g/mol. The van der Waals surface area contributed by atoms with Gasteiger partial charge in [-0.2, -0.15) is 17.5 Å². The quantitative estimate of drug-likeness (QED) is 0.669. The number of hydrogen-bond donors (Lipinski definition) is 0. The van der Waals surface area contributed by atoms with E-state index in [0.717, 1.165) is 18.6 Å². The van der Waals surface area contributed by atoms with Crippen molar-refractivity contribution in [2.75, 3.05) is 19.6 Å². The lowest BCUT2D eigenvalue weighted by molar-refractivity contribution is -0.139. The Bertz CT molecular complexity index is 1070. The minimum Gasteiger partial charge on any atom is -0.335 e. The second kappa shape index (κ2) is 8.22. The van der Waals surface area contributed by atoms with Gasteiger partial charge in [0.05, 0.1) is 16.5 Å². The lowest BCUT2D eigenvalue weighted by atomic mass is 9.93. The zero-order valence-corrected chi connectivity index (χ0v) is 18.6. The minimum absolute atomic E-state index is 0.00521. The van der Waals surface area contributed by atoms with Crippen molar-refractivity contribution in [3.63, 3.8) is 0 Å². The fraction of sp³-hybridized carbons (Fsp3) is 0.476. The molecule has 3 heterocycles. The molecule has 1 amide bonds. The first-order chi connectivity index (χ1) is 14.6. The molecular weight excluding hydrogens is 449 g/mol. The van der Waals surface area contributed by atoms with Gasteiger partial charge >= 0.3 is 6.18 Å². The molecule has 2 aromatic rings. The highest BCUT2D eigenvalue weighted by Gasteiger charge is 2.38. The topological polar surface area (TPSA) is 57.7 Å². The van der Waals surface area contributed by atoms with Crippen LogP contribution in [0, 0.1) is 5.92 Å². The van der Waals surface area contributed by atoms with E-state index in [9.17, 15) is 26.4 Å². The Kier molecular flexibility index (Phi) is 5.91. The number of benzene rings is 1. The number of carbonyl (C=O) groups excluding carboxylic acids is 1. The SMILES string of the molecule is C[C@@H]1c2ccsc2CCN1C(=O)C1CCN(S(=O)(=O)c2cccc(C(F)(F)F)c2)CC1. The second-order valence-corrected chi connectivity index (χ2v) is 10.9. The van der Waals surface area contributed by atoms with Gasteiger partial charge in [-0.15, -0.1) is 11.3 Å². The van der Waals surface area contributed by atoms with Crippen molar-refractivity contribution in [1.82, 2.24) is 9.21 Å². The van der Waals surface area contributed by atoms with Crippen molar-refractivity contribution in [3.8, 4) is 0 Å². The molecule has 0 saturated carbocycles. The Morgan fingerprint density at radius 2 is 1.84 bits per heavy atom. The molecule has 5 nitrogen and oxygen atoms in total. The normalized spacial score (nSPS) is 21.2. The summed E-state index contributed by atoms with van der Waals surface area (Å²) in [6.07, 6.45) is -3.07. The summed E-state index contributed by atoms with van der Waals surface area (Å²) in [5.41, 5.74) is 0.180. The van der Waals surface area contributed by atoms with E-state index >= 15 is 0 Å². The van der Waals surface area contributed by atoms with Crippen LogP contribution in [0.3, 0.4) is 0 Å². The number of halogens is 3. The Morgan fingerprint density at radius 1 is 1.13 bits per heavy atom. The highest BCUT2D eigenvalue weighted by atomic mass is 32.2. The van der Waals surface area contributed by atoms with E-state index in [2.05, 4.69) is 0 Å². The molecule has 1 aromatic heterocycles. The molecular formula is C21H23F3N2O3S2. The number of hydrogen-bond acceptors (Lipinski definition) is 4. The van der Waals surface area contributed by atoms with E-state index in [1.807, 2.05) is 23.3 Å². The zero-order chi connectivity index (χ0) is 22.4. The zero-order valence-electron chi connectivity index (χ0n) is 16.9. The van der Waals surface area contributed by atoms with E-state index in [4.69, 9.17) is 0 Å². The number of thiophene rings is 1. The summed E-state index contributed by atoms with van der Waals surface area (Å²) in [4.78, 5) is 15.9. The van der Waals surface area contributed by atoms with Crippen molar-refractivity contribution < 1.29 is 26.4 Å². The molecule has 0 bridgehead atoms. The Hall–Kier alpha value is -1.91. The van der Waals surface area contributed by atoms with Crippen LogP contribution >= 0.6 is 11.3 Å². The first-order valence-corrected chi connectivity index (χ1v) is 12.4. The number of rotatable bonds is 3. The van der Waals surface area contributed by atoms with Crippen molar-refractivity contribution in [2.24, 2.45) is 5.92 Å². The molecule has 1 saturated heterocycles. The van der Waals surface area contributed by atoms with Crippen LogP contribution in [-0.4, -0.2) is 43.2 Å². The lowest BCUT2D eigenvalue weighted by Crippen LogP contribution is -2.46. The molecule has 31 heavy (non-hydrogen) atoms. The molecule has 4 rings (SSSR count). The average Bonchev–Trinajstić information content (AvgIpc) is 3.23. The molecule has 0 radical (unpaired) electrons. The van der Waals surface area contributed by atoms with E-state index < -0.39 is 21.8 Å². The fourth-order valence-corrected chi connectivity index (χ4v) is 6.85. The number of nitrogens with zero attached hydrogens (tertiary/aromatic N) is 2. The summed E-state index contributed by atoms with van der Waals surface area (Å²) in [6.45, 7) is 2.88. The third kappa shape index (κ3) is 4.25. The van der Waals surface area contributed by atoms with E-state index in [0.29, 0.717) is 25.5 Å². The maximum atomic E-state index is 13.1. The highest BCUT2D eigenvalue weighted by molar-refractivity contribution is 7.89. The van der Waals surface area contributed by atoms with Crippen LogP contribution in [-0.2, 0) is 27.4 Å². The van der Waals surface area contributed by atoms with Gasteiger partial charge in [-0.3, -0.25) is 4.79 Å². The molecule has 2 aliphatic rings. The summed E-state index contributed by atoms with van der Waals surface area (Å²) in [6, 6.07) is 5.84. The smallest absolute Gasteiger partial charge is 0.335 e. The molecule has 0 aliphatic carbocycles. The summed E-state index contributed by atoms with van der Waals surface area (Å²) < 4.78 is 65.8. The maximum Gasteiger partial charge on any atom is 0.416 e. The molecule has 1 atom stereocenters. The van der Waals surface area contributed by atoms with Crippen LogP contribution in [0.25, 0.3) is 0 Å². The standard InChI is InChI=1S/C21H23F3N2O3S2/c1-14-18-8-12-30-19(18)7-11-26(14)20(27)15-5-9-25(10-6-15)31(28,29)17-4-2-3-16(13-17)21(22,23)24/h2-4,8,12-15H,5-7,9-11H2,1H3/t14-/m1/s1. The van der Waals surface area contributed by atoms with Gasteiger partial charge in [-0.1, -0.05) is 6.07 Å². The predicted molar refractivity (Wildman–Crippen MR) is 111 cm³/mol. The van der Waals surface area contributed by atoms with E-state index in [1.165, 1.54) is 20.8 Å². The molecule has 0 unspecified atom stereocenters. The minimum atomic E-state index is -4.61. The maximum absolute atomic E-state index is 13.1. The first-order valence-electron chi connectivity index (χ1n) is 10.1. The summed E-state index contributed by atoms with van der Waals surface area (Å²) in [5, 5.41) is 2.03. The first kappa shape index (κ1) is 22.3. The van der Waals surface area contributed by atoms with Crippen LogP contribution in [0.15, 0.2) is 40.6 Å². The van der Waals surface area contributed by atoms with Crippen LogP contribution in [0.4, 0.5) is 13.2 Å². The third-order valence-electron chi connectivity index (χ3n) is 6.16. The van der Waals surface area contributed by atoms with Gasteiger partial charge < -0.3 is 4.90 Å². The van der Waals surface area contributed by atoms with Gasteiger partial charge in [0.1, 0.15) is 0 Å². The van der Waals surface area contributed by atoms with E-state index in [1.54, 1.807) is 11.3 Å². The molecule has 1 aromatic carbocycles. The number of sulfonamides is 1. The van der Waals surface area contributed by atoms with Gasteiger partial charge in [0.15, 0.2) is 0 Å². The van der Waals surface area contributed by atoms with Gasteiger partial charge in [0.25, 0.3) is 0 Å². The summed E-state index contributed by atoms with van der Waals surface area (Å²) in [7, 11) is -4.05. The molecule has 168 valence electrons. The van der Waals surface area contributed by atoms with Crippen molar-refractivity contribution in [1.29, 1.82) is 0 Å². The van der Waals surface area contributed by atoms with Crippen LogP contribution in [0.5, 0.6) is 0 Å². The lowest BCUT2D eigenvalue weighted by Gasteiger charge is -2.38. The molecule has 2 aliphatic heterocycles. The molecule has 0 spiro atoms. The number of carbonyl (C=O) groups is 1. The van der Waals surface area contributed by atoms with Crippen LogP contribution in [0.2, 0.25) is 0 Å². The number of piperidine rings is 1. The summed E-state index contributed by atoms with van der Waals surface area (Å²) >= 11 is 1.70. The molecule has 1 fully saturated rings. The van der Waals surface area contributed by atoms with Crippen molar-refractivity contribution in [3.05, 3.63) is 51.7 Å². The van der Waals surface area contributed by atoms with Gasteiger partial charge in [0, 0.05) is 30.4 Å². The number of amides is 1. The largest absolute Gasteiger partial charge is 0.416 e. The number of alkyl halides is 3. The fourth-order valence-electron chi connectivity index (χ4n) is 4.37. The second-order valence-electron chi connectivity index (χ2n) is 7.96. The number of fused-ring (bicyclic) bond motifs is 1. The Morgan fingerprint density at radius 3 is 2.52 bits per heavy atom. The van der Waals surface area contributed by atoms with Gasteiger partial charge in [-0.25, -0.2) is 8.42 Å². The van der Waals surface area contributed by atoms with Gasteiger partial charge in [-0.05, 0) is 61.4 Å². The van der Waals surface area contributed by atoms with Crippen molar-refractivity contribution >= 4 is 27.3 Å². The highest BCUT2D eigenvalue weighted by Crippen LogP contribution is 2.36. The van der Waals surface area contributed by atoms with Crippen molar-refractivity contribution in [2.45, 2.75) is 43.3 Å². The predicted octanol–water partition coefficient (Wildman–Crippen LogP) is 4.31. The third-order valence-corrected chi connectivity index (χ3v) is 9.05. The van der Waals surface area contributed by atoms with Gasteiger partial charge in [0.2, 0.25) is 15.9 Å². The van der Waals surface area contributed by atoms with Crippen LogP contribution in [0.1, 0.15) is 41.8 Å². The molecule has 0 N–H and O–H groups in total. The Balaban J connectivity index is 1.43. The van der Waals surface area contributed by atoms with Crippen LogP contribution < -0.4 is 0 Å².